The van der Waals surface area contributed by atoms with Crippen molar-refractivity contribution in [1.29, 1.82) is 0 Å². The second kappa shape index (κ2) is 8.73. The van der Waals surface area contributed by atoms with Gasteiger partial charge in [0, 0.05) is 24.5 Å². The number of methoxy groups -OCH3 is 1. The topological polar surface area (TPSA) is 51.9 Å². The Balaban J connectivity index is 1.84. The molecule has 1 heterocycles. The summed E-state index contributed by atoms with van der Waals surface area (Å²) < 4.78 is 16.1. The summed E-state index contributed by atoms with van der Waals surface area (Å²) in [5.74, 6) is 1.62. The lowest BCUT2D eigenvalue weighted by Crippen LogP contribution is -2.23. The van der Waals surface area contributed by atoms with Gasteiger partial charge in [0.25, 0.3) is 0 Å². The molecule has 0 radical (unpaired) electrons. The number of hydrogen-bond donors (Lipinski definition) is 0. The molecule has 3 aromatic rings. The first-order valence-electron chi connectivity index (χ1n) is 9.17. The molecule has 0 amide bonds. The first kappa shape index (κ1) is 19.0. The average Bonchev–Trinajstić information content (AvgIpc) is 2.68. The molecule has 0 unspecified atom stereocenters. The van der Waals surface area contributed by atoms with Crippen LogP contribution in [0.2, 0.25) is 0 Å². The van der Waals surface area contributed by atoms with Crippen LogP contribution in [-0.4, -0.2) is 25.2 Å². The van der Waals surface area contributed by atoms with Gasteiger partial charge in [-0.15, -0.1) is 0 Å². The van der Waals surface area contributed by atoms with E-state index in [1.807, 2.05) is 25.1 Å². The maximum atomic E-state index is 12.0. The Labute approximate surface area is 159 Å². The lowest BCUT2D eigenvalue weighted by molar-refractivity contribution is 0.271. The predicted octanol–water partition coefficient (Wildman–Crippen LogP) is 4.22. The van der Waals surface area contributed by atoms with E-state index in [4.69, 9.17) is 13.9 Å². The van der Waals surface area contributed by atoms with E-state index < -0.39 is 0 Å². The smallest absolute Gasteiger partial charge is 0.336 e. The summed E-state index contributed by atoms with van der Waals surface area (Å²) in [5, 5.41) is 0.902. The highest BCUT2D eigenvalue weighted by Gasteiger charge is 2.11. The molecule has 0 aliphatic heterocycles. The largest absolute Gasteiger partial charge is 0.497 e. The molecule has 5 heteroatoms. The van der Waals surface area contributed by atoms with Gasteiger partial charge in [0.1, 0.15) is 17.1 Å². The van der Waals surface area contributed by atoms with Gasteiger partial charge >= 0.3 is 5.63 Å². The third-order valence-electron chi connectivity index (χ3n) is 4.52. The van der Waals surface area contributed by atoms with Crippen LogP contribution in [0.25, 0.3) is 11.0 Å². The Morgan fingerprint density at radius 2 is 1.70 bits per heavy atom. The third-order valence-corrected chi connectivity index (χ3v) is 4.52. The molecule has 0 aliphatic rings. The minimum atomic E-state index is -0.334. The lowest BCUT2D eigenvalue weighted by Gasteiger charge is -2.21. The van der Waals surface area contributed by atoms with E-state index in [-0.39, 0.29) is 5.63 Å². The lowest BCUT2D eigenvalue weighted by atomic mass is 10.1. The van der Waals surface area contributed by atoms with Crippen LogP contribution in [0.1, 0.15) is 25.0 Å². The van der Waals surface area contributed by atoms with E-state index >= 15 is 0 Å². The Bertz CT molecular complexity index is 947. The molecule has 0 saturated heterocycles. The van der Waals surface area contributed by atoms with Crippen molar-refractivity contribution in [1.82, 2.24) is 4.90 Å². The molecule has 3 rings (SSSR count). The molecule has 0 spiro atoms. The van der Waals surface area contributed by atoms with Crippen LogP contribution in [-0.2, 0) is 13.1 Å². The number of nitrogens with zero attached hydrogens (tertiary/aromatic N) is 1. The second-order valence-corrected chi connectivity index (χ2v) is 6.33. The highest BCUT2D eigenvalue weighted by molar-refractivity contribution is 5.81. The van der Waals surface area contributed by atoms with Gasteiger partial charge in [-0.05, 0) is 54.9 Å². The van der Waals surface area contributed by atoms with Crippen LogP contribution in [0.15, 0.2) is 57.7 Å². The van der Waals surface area contributed by atoms with Crippen LogP contribution in [0, 0.1) is 0 Å². The van der Waals surface area contributed by atoms with E-state index in [1.54, 1.807) is 25.3 Å². The summed E-state index contributed by atoms with van der Waals surface area (Å²) in [6.45, 7) is 7.05. The van der Waals surface area contributed by atoms with Crippen LogP contribution in [0.5, 0.6) is 11.5 Å². The van der Waals surface area contributed by atoms with Gasteiger partial charge in [-0.3, -0.25) is 4.90 Å². The number of hydrogen-bond acceptors (Lipinski definition) is 5. The summed E-state index contributed by atoms with van der Waals surface area (Å²) in [5.41, 5.74) is 2.38. The number of benzene rings is 2. The second-order valence-electron chi connectivity index (χ2n) is 6.33. The number of rotatable bonds is 8. The van der Waals surface area contributed by atoms with Crippen molar-refractivity contribution in [2.75, 3.05) is 20.3 Å². The van der Waals surface area contributed by atoms with Gasteiger partial charge in [-0.25, -0.2) is 4.79 Å². The first-order chi connectivity index (χ1) is 13.1. The molecule has 0 bridgehead atoms. The monoisotopic (exact) mass is 367 g/mol. The van der Waals surface area contributed by atoms with Gasteiger partial charge in [0.2, 0.25) is 0 Å². The zero-order valence-electron chi connectivity index (χ0n) is 16.0. The van der Waals surface area contributed by atoms with Gasteiger partial charge in [-0.2, -0.15) is 0 Å². The predicted molar refractivity (Wildman–Crippen MR) is 106 cm³/mol. The van der Waals surface area contributed by atoms with Crippen molar-refractivity contribution < 1.29 is 13.9 Å². The maximum absolute atomic E-state index is 12.0. The number of fused-ring (bicyclic) bond motifs is 1. The molecular formula is C22H25NO4. The van der Waals surface area contributed by atoms with Gasteiger partial charge in [0.15, 0.2) is 0 Å². The van der Waals surface area contributed by atoms with Crippen LogP contribution in [0.3, 0.4) is 0 Å². The Kier molecular flexibility index (Phi) is 6.14. The van der Waals surface area contributed by atoms with Gasteiger partial charge < -0.3 is 13.9 Å². The standard InChI is InChI=1S/C22H25NO4/c1-4-23(14-16-6-8-18(9-7-16)26-5-2)15-17-12-22(24)27-21-11-10-19(25-3)13-20(17)21/h6-13H,4-5,14-15H2,1-3H3. The highest BCUT2D eigenvalue weighted by atomic mass is 16.5. The Hall–Kier alpha value is -2.79. The zero-order chi connectivity index (χ0) is 19.2. The van der Waals surface area contributed by atoms with Crippen molar-refractivity contribution in [3.8, 4) is 11.5 Å². The van der Waals surface area contributed by atoms with E-state index in [1.165, 1.54) is 5.56 Å². The molecular weight excluding hydrogens is 342 g/mol. The Morgan fingerprint density at radius 3 is 2.37 bits per heavy atom. The summed E-state index contributed by atoms with van der Waals surface area (Å²) in [7, 11) is 1.63. The molecule has 0 N–H and O–H groups in total. The highest BCUT2D eigenvalue weighted by Crippen LogP contribution is 2.24. The molecule has 0 saturated carbocycles. The first-order valence-corrected chi connectivity index (χ1v) is 9.17. The van der Waals surface area contributed by atoms with Crippen molar-refractivity contribution in [2.24, 2.45) is 0 Å². The molecule has 5 nitrogen and oxygen atoms in total. The molecule has 142 valence electrons. The van der Waals surface area contributed by atoms with Crippen LogP contribution >= 0.6 is 0 Å². The fourth-order valence-electron chi connectivity index (χ4n) is 3.10. The minimum Gasteiger partial charge on any atom is -0.497 e. The van der Waals surface area contributed by atoms with E-state index in [0.29, 0.717) is 18.7 Å². The van der Waals surface area contributed by atoms with Crippen LogP contribution < -0.4 is 15.1 Å². The average molecular weight is 367 g/mol. The Morgan fingerprint density at radius 1 is 0.963 bits per heavy atom. The molecule has 1 aromatic heterocycles. The summed E-state index contributed by atoms with van der Waals surface area (Å²) >= 11 is 0. The molecule has 27 heavy (non-hydrogen) atoms. The maximum Gasteiger partial charge on any atom is 0.336 e. The van der Waals surface area contributed by atoms with Crippen molar-refractivity contribution in [3.05, 3.63) is 70.1 Å². The summed E-state index contributed by atoms with van der Waals surface area (Å²) in [6.07, 6.45) is 0. The third kappa shape index (κ3) is 4.68. The molecule has 0 aliphatic carbocycles. The van der Waals surface area contributed by atoms with E-state index in [2.05, 4.69) is 24.0 Å². The van der Waals surface area contributed by atoms with Crippen molar-refractivity contribution in [2.45, 2.75) is 26.9 Å². The molecule has 2 aromatic carbocycles. The van der Waals surface area contributed by atoms with Crippen molar-refractivity contribution in [3.63, 3.8) is 0 Å². The zero-order valence-corrected chi connectivity index (χ0v) is 16.0. The molecule has 0 fully saturated rings. The fraction of sp³-hybridized carbons (Fsp3) is 0.318. The van der Waals surface area contributed by atoms with Crippen LogP contribution in [0.4, 0.5) is 0 Å². The quantitative estimate of drug-likeness (QED) is 0.558. The van der Waals surface area contributed by atoms with E-state index in [9.17, 15) is 4.79 Å². The fourth-order valence-corrected chi connectivity index (χ4v) is 3.10. The minimum absolute atomic E-state index is 0.334. The summed E-state index contributed by atoms with van der Waals surface area (Å²) in [6, 6.07) is 15.2. The normalized spacial score (nSPS) is 11.1. The van der Waals surface area contributed by atoms with E-state index in [0.717, 1.165) is 35.5 Å². The van der Waals surface area contributed by atoms with Gasteiger partial charge in [0.05, 0.1) is 13.7 Å². The SMILES string of the molecule is CCOc1ccc(CN(CC)Cc2cc(=O)oc3ccc(OC)cc23)cc1. The summed E-state index contributed by atoms with van der Waals surface area (Å²) in [4.78, 5) is 14.2. The van der Waals surface area contributed by atoms with Gasteiger partial charge in [-0.1, -0.05) is 19.1 Å². The number of ether oxygens (including phenoxy) is 2. The van der Waals surface area contributed by atoms with Crippen molar-refractivity contribution >= 4 is 11.0 Å². The molecule has 0 atom stereocenters.